The number of amides is 11. The van der Waals surface area contributed by atoms with E-state index < -0.39 is 29.5 Å². The van der Waals surface area contributed by atoms with E-state index in [9.17, 15) is 67.1 Å². The first-order valence-electron chi connectivity index (χ1n) is 43.3. The molecule has 0 saturated carbocycles. The number of halogens is 4. The quantitative estimate of drug-likeness (QED) is 0.00195. The number of fused-ring (bicyclic) bond motifs is 4. The number of nitrogens with two attached hydrogens (primary N) is 2. The van der Waals surface area contributed by atoms with Crippen molar-refractivity contribution in [2.75, 3.05) is 93.5 Å². The maximum atomic E-state index is 12.0. The van der Waals surface area contributed by atoms with Gasteiger partial charge in [0.2, 0.25) is 5.78 Å². The van der Waals surface area contributed by atoms with E-state index in [2.05, 4.69) is 157 Å². The minimum atomic E-state index is -0.630. The zero-order chi connectivity index (χ0) is 99.8. The third-order valence-corrected chi connectivity index (χ3v) is 19.3. The number of unbranched alkanes of at least 4 members (excludes halogenated alkanes) is 18. The fourth-order valence-electron chi connectivity index (χ4n) is 10.7. The van der Waals surface area contributed by atoms with E-state index in [0.29, 0.717) is 110 Å². The van der Waals surface area contributed by atoms with Crippen molar-refractivity contribution in [1.82, 2.24) is 36.0 Å². The predicted octanol–water partition coefficient (Wildman–Crippen LogP) is 15.5. The molecule has 11 amide bonds. The largest absolute Gasteiger partial charge is 0.464 e. The monoisotopic (exact) mass is 2280 g/mol. The number of ether oxygens (including phenoxy) is 3. The Morgan fingerprint density at radius 3 is 1.17 bits per heavy atom. The maximum absolute atomic E-state index is 12.0. The van der Waals surface area contributed by atoms with E-state index in [1.807, 2.05) is 47.0 Å². The van der Waals surface area contributed by atoms with Gasteiger partial charge in [0.1, 0.15) is 6.61 Å². The Kier molecular flexibility index (Phi) is 87.5. The number of imide groups is 4. The van der Waals surface area contributed by atoms with Crippen LogP contribution in [0.5, 0.6) is 0 Å². The van der Waals surface area contributed by atoms with Crippen molar-refractivity contribution >= 4 is 179 Å². The number of terminal acetylenes is 2. The van der Waals surface area contributed by atoms with Crippen molar-refractivity contribution < 1.29 is 96.3 Å². The molecule has 4 aromatic carbocycles. The van der Waals surface area contributed by atoms with Gasteiger partial charge in [0, 0.05) is 109 Å². The van der Waals surface area contributed by atoms with Crippen molar-refractivity contribution in [2.45, 2.75) is 188 Å². The molecule has 4 aliphatic heterocycles. The van der Waals surface area contributed by atoms with Gasteiger partial charge in [0.05, 0.1) is 57.7 Å². The molecule has 0 radical (unpaired) electrons. The first-order valence-corrected chi connectivity index (χ1v) is 48.2. The molecule has 4 aliphatic rings. The van der Waals surface area contributed by atoms with E-state index in [1.165, 1.54) is 62.0 Å². The third-order valence-electron chi connectivity index (χ3n) is 17.4. The van der Waals surface area contributed by atoms with Crippen molar-refractivity contribution in [3.05, 3.63) is 203 Å². The lowest BCUT2D eigenvalue weighted by Gasteiger charge is -2.12. The summed E-state index contributed by atoms with van der Waals surface area (Å²) in [7, 11) is 4.36. The fraction of sp³-hybridized carbons (Fsp3) is 0.439. The van der Waals surface area contributed by atoms with Crippen LogP contribution in [0.15, 0.2) is 153 Å². The number of allylic oxidation sites excluding steroid dienone is 5. The van der Waals surface area contributed by atoms with Crippen LogP contribution in [0.1, 0.15) is 271 Å². The molecule has 34 heteroatoms. The van der Waals surface area contributed by atoms with Crippen molar-refractivity contribution in [1.29, 1.82) is 0 Å². The van der Waals surface area contributed by atoms with Gasteiger partial charge in [-0.25, -0.2) is 9.59 Å². The molecule has 4 heterocycles. The lowest BCUT2D eigenvalue weighted by Crippen LogP contribution is -2.38. The standard InChI is InChI=1S/C14H14INO2.C14H12INO2.C14H13NO2.C11H20O3.C9H15IN2O2.C8H5NO2.C7H14O.C6H12IN.C6H10O.C4H6N2O2.C4H7NO2.CH5N/c2*15-9-5-1-2-6-10-16-13(17)11-7-3-4-8-12(11)14(16)18;1-2-3-4-7-10-15-13(16)11-8-5-6-9-12(11)14(15)17;1-3-5-6-7-8-9-13-10-11(12)14-4-2;1-11-8(13)9(14)12-7-5-3-2-4-6-10;10-7-5-3-1-2-4-6(5)8(11)9-7;1-2-3-4-5-6-7-8;7-5-3-1-2-4-6-8;1-2-3-4-5-6-7;1-2-8-4(7)3-6-5;1-3(6)4(7)5-2;1-2/h3-5,7-9H,1-2,6,10H2;3-4,7-8H,1-2,6,10H2;1,5-6,8-9H,3-4,7,10H2;3H,1,4-10H2,2H3;4,6H,2-3,5,7H2,1H3,(H,11,13)(H,12,14);1-4H,(H,9,10,11);2,8H,1,3-7H2;3,5H,1-2,4,6,8H2;1,7H,3-6H2;3H,2H2,1H3;1-2H3,(H,5,7);2H2,1H3/b9-5-;;;;6-4-;;;5-3-;;;;. The van der Waals surface area contributed by atoms with Gasteiger partial charge < -0.3 is 57.4 Å². The number of aliphatic hydroxyl groups excluding tert-OH is 2. The summed E-state index contributed by atoms with van der Waals surface area (Å²) in [6, 6.07) is 27.6. The molecule has 722 valence electrons. The van der Waals surface area contributed by atoms with Crippen LogP contribution in [0.2, 0.25) is 0 Å². The highest BCUT2D eigenvalue weighted by Gasteiger charge is 2.37. The average molecular weight is 2280 g/mol. The number of nitrogens with zero attached hydrogens (tertiary/aromatic N) is 5. The molecule has 0 aliphatic carbocycles. The molecule has 0 saturated heterocycles. The minimum Gasteiger partial charge on any atom is -0.464 e. The summed E-state index contributed by atoms with van der Waals surface area (Å²) in [5.41, 5.74) is 21.6. The van der Waals surface area contributed by atoms with Crippen LogP contribution in [0.3, 0.4) is 0 Å². The highest BCUT2D eigenvalue weighted by atomic mass is 127. The topological polar surface area (TPSA) is 453 Å². The number of esters is 2. The molecule has 0 unspecified atom stereocenters. The van der Waals surface area contributed by atoms with E-state index in [-0.39, 0.29) is 66.4 Å². The number of aliphatic hydroxyl groups is 2. The molecule has 8 rings (SSSR count). The fourth-order valence-corrected chi connectivity index (χ4v) is 12.1. The molecule has 0 spiro atoms. The Morgan fingerprint density at radius 2 is 0.841 bits per heavy atom. The normalized spacial score (nSPS) is 11.4. The average Bonchev–Trinajstić information content (AvgIpc) is 1.65. The molecule has 0 bridgehead atoms. The molecular formula is C98H133I4N11O19. The van der Waals surface area contributed by atoms with Crippen LogP contribution in [0, 0.1) is 34.5 Å². The van der Waals surface area contributed by atoms with Crippen molar-refractivity contribution in [2.24, 2.45) is 11.5 Å². The summed E-state index contributed by atoms with van der Waals surface area (Å²) in [4.78, 5) is 163. The number of rotatable bonds is 42. The molecule has 0 aromatic heterocycles. The maximum Gasteiger partial charge on any atom is 0.413 e. The number of ketones is 1. The zero-order valence-corrected chi connectivity index (χ0v) is 85.5. The number of likely N-dealkylation sites (N-methyl/N-ethyl adjacent to an activating group) is 2. The molecule has 132 heavy (non-hydrogen) atoms. The van der Waals surface area contributed by atoms with Crippen LogP contribution < -0.4 is 32.7 Å². The second kappa shape index (κ2) is 90.1. The molecule has 30 nitrogen and oxygen atoms in total. The summed E-state index contributed by atoms with van der Waals surface area (Å²) < 4.78 is 23.0. The number of hydrogen-bond donors (Lipinski definition) is 8. The van der Waals surface area contributed by atoms with Crippen LogP contribution >= 0.6 is 90.4 Å². The summed E-state index contributed by atoms with van der Waals surface area (Å²) in [6.07, 6.45) is 46.3. The first-order chi connectivity index (χ1) is 63.8. The molecular weight excluding hydrogens is 2140 g/mol. The number of hydrogen-bond acceptors (Lipinski definition) is 21. The summed E-state index contributed by atoms with van der Waals surface area (Å²) in [5.74, 6) is 3.32. The Bertz CT molecular complexity index is 4270. The SMILES string of the molecule is C#CCCCCN1C(=O)c2ccccc2C1=O.C#CCCCCO.C=CCCCCCO.C=CCCCCCOCC(=O)OCC.CCOC(=O)C=[N+]=[N-].CN.CNC(=O)C(=O)NCCCC/C=C\I.CNC(=O)C(C)=O.NCCCC/C=C\I.O=C1NC(=O)c2ccccc21.O=C1c2ccccc2C(=O)N1CCCC/C=C\I.O=C1c2ccccc2C(=O)N1CCCCC#CI. The van der Waals surface area contributed by atoms with Gasteiger partial charge in [0.15, 0.2) is 0 Å². The number of carbonyl (C=O) groups is 14. The Hall–Kier alpha value is -10.1. The number of carbonyl (C=O) groups excluding carboxylic acids is 14. The van der Waals surface area contributed by atoms with Gasteiger partial charge in [-0.05, 0) is 227 Å². The van der Waals surface area contributed by atoms with Crippen molar-refractivity contribution in [3.8, 4) is 34.5 Å². The third kappa shape index (κ3) is 61.6. The second-order valence-electron chi connectivity index (χ2n) is 27.2. The van der Waals surface area contributed by atoms with Gasteiger partial charge in [-0.2, -0.15) is 4.79 Å². The van der Waals surface area contributed by atoms with Gasteiger partial charge >= 0.3 is 30.0 Å². The summed E-state index contributed by atoms with van der Waals surface area (Å²) in [5, 5.41) is 25.7. The lowest BCUT2D eigenvalue weighted by molar-refractivity contribution is -0.148. The van der Waals surface area contributed by atoms with Crippen LogP contribution in [0.25, 0.3) is 5.53 Å². The number of Topliss-reactive ketones (excluding diaryl/α,β-unsaturated/α-hetero) is 1. The van der Waals surface area contributed by atoms with Crippen molar-refractivity contribution in [3.63, 3.8) is 0 Å². The van der Waals surface area contributed by atoms with E-state index in [4.69, 9.17) is 43.8 Å². The van der Waals surface area contributed by atoms with Gasteiger partial charge in [-0.3, -0.25) is 77.6 Å². The van der Waals surface area contributed by atoms with E-state index >= 15 is 0 Å². The highest BCUT2D eigenvalue weighted by molar-refractivity contribution is 14.1. The van der Waals surface area contributed by atoms with Crippen LogP contribution in [0.4, 0.5) is 0 Å². The molecule has 0 atom stereocenters. The Morgan fingerprint density at radius 1 is 0.492 bits per heavy atom. The first kappa shape index (κ1) is 128. The van der Waals surface area contributed by atoms with Gasteiger partial charge in [-0.15, -0.1) is 37.8 Å². The van der Waals surface area contributed by atoms with Crippen LogP contribution in [-0.2, 0) is 43.0 Å². The smallest absolute Gasteiger partial charge is 0.413 e. The zero-order valence-electron chi connectivity index (χ0n) is 76.9. The molecule has 0 fully saturated rings. The Labute approximate surface area is 834 Å². The van der Waals surface area contributed by atoms with E-state index in [0.717, 1.165) is 148 Å². The lowest BCUT2D eigenvalue weighted by atomic mass is 10.1. The molecule has 10 N–H and O–H groups in total. The Balaban J connectivity index is -0.000000693. The summed E-state index contributed by atoms with van der Waals surface area (Å²) in [6.45, 7) is 16.8. The highest BCUT2D eigenvalue weighted by Crippen LogP contribution is 2.26. The van der Waals surface area contributed by atoms with Gasteiger partial charge in [0.25, 0.3) is 53.2 Å². The van der Waals surface area contributed by atoms with Gasteiger partial charge in [-0.1, -0.05) is 165 Å². The second-order valence-corrected chi connectivity index (χ2v) is 29.9. The molecule has 4 aromatic rings. The number of benzene rings is 4. The van der Waals surface area contributed by atoms with E-state index in [1.54, 1.807) is 111 Å². The number of nitrogens with one attached hydrogen (secondary N) is 4. The minimum absolute atomic E-state index is 0.0787. The predicted molar refractivity (Wildman–Crippen MR) is 552 cm³/mol. The van der Waals surface area contributed by atoms with Crippen LogP contribution in [-0.4, -0.2) is 212 Å². The summed E-state index contributed by atoms with van der Waals surface area (Å²) >= 11 is 8.59.